The number of nitrogens with one attached hydrogen (secondary N) is 1. The summed E-state index contributed by atoms with van der Waals surface area (Å²) in [6.07, 6.45) is 5.14. The van der Waals surface area contributed by atoms with E-state index in [1.165, 1.54) is 0 Å². The van der Waals surface area contributed by atoms with E-state index in [1.807, 2.05) is 0 Å². The van der Waals surface area contributed by atoms with Gasteiger partial charge < -0.3 is 15.7 Å². The minimum absolute atomic E-state index is 0.300. The van der Waals surface area contributed by atoms with Crippen LogP contribution in [0.25, 0.3) is 0 Å². The molecule has 1 fully saturated rings. The number of amidine groups is 1. The second-order valence-corrected chi connectivity index (χ2v) is 4.45. The molecule has 0 aliphatic carbocycles. The van der Waals surface area contributed by atoms with Crippen molar-refractivity contribution in [3.8, 4) is 0 Å². The zero-order valence-corrected chi connectivity index (χ0v) is 9.41. The Kier molecular flexibility index (Phi) is 5.65. The molecule has 0 aromatic rings. The minimum Gasteiger partial charge on any atom is -0.396 e. The third-order valence-electron chi connectivity index (χ3n) is 3.14. The number of piperidine rings is 1. The Labute approximate surface area is 92.0 Å². The molecular formula is C11H23N3O. The first-order chi connectivity index (χ1) is 7.22. The van der Waals surface area contributed by atoms with Crippen LogP contribution in [0.1, 0.15) is 32.1 Å². The number of nitrogens with zero attached hydrogens (tertiary/aromatic N) is 1. The van der Waals surface area contributed by atoms with Crippen molar-refractivity contribution in [3.63, 3.8) is 0 Å². The molecular weight excluding hydrogens is 190 g/mol. The smallest absolute Gasteiger partial charge is 0.0905 e. The van der Waals surface area contributed by atoms with Gasteiger partial charge in [0.1, 0.15) is 0 Å². The second kappa shape index (κ2) is 6.80. The van der Waals surface area contributed by atoms with Gasteiger partial charge in [0, 0.05) is 13.0 Å². The van der Waals surface area contributed by atoms with Gasteiger partial charge in [0.15, 0.2) is 0 Å². The Bertz CT molecular complexity index is 188. The molecule has 0 aromatic heterocycles. The van der Waals surface area contributed by atoms with Crippen molar-refractivity contribution in [1.82, 2.24) is 4.90 Å². The molecule has 1 heterocycles. The van der Waals surface area contributed by atoms with Crippen LogP contribution in [0, 0.1) is 11.3 Å². The van der Waals surface area contributed by atoms with Crippen molar-refractivity contribution < 1.29 is 5.11 Å². The van der Waals surface area contributed by atoms with Crippen molar-refractivity contribution in [1.29, 1.82) is 5.41 Å². The summed E-state index contributed by atoms with van der Waals surface area (Å²) in [5.41, 5.74) is 5.29. The van der Waals surface area contributed by atoms with E-state index in [2.05, 4.69) is 4.90 Å². The van der Waals surface area contributed by atoms with Crippen LogP contribution < -0.4 is 5.73 Å². The van der Waals surface area contributed by atoms with Gasteiger partial charge in [-0.2, -0.15) is 0 Å². The average molecular weight is 213 g/mol. The second-order valence-electron chi connectivity index (χ2n) is 4.45. The van der Waals surface area contributed by atoms with E-state index in [0.29, 0.717) is 18.4 Å². The topological polar surface area (TPSA) is 73.3 Å². The van der Waals surface area contributed by atoms with Gasteiger partial charge >= 0.3 is 0 Å². The summed E-state index contributed by atoms with van der Waals surface area (Å²) < 4.78 is 0. The normalized spacial score (nSPS) is 19.3. The molecule has 1 aliphatic heterocycles. The highest BCUT2D eigenvalue weighted by Gasteiger charge is 2.17. The lowest BCUT2D eigenvalue weighted by atomic mass is 9.98. The summed E-state index contributed by atoms with van der Waals surface area (Å²) in [6, 6.07) is 0. The lowest BCUT2D eigenvalue weighted by Gasteiger charge is -2.30. The van der Waals surface area contributed by atoms with E-state index in [9.17, 15) is 0 Å². The van der Waals surface area contributed by atoms with Crippen LogP contribution in [0.5, 0.6) is 0 Å². The van der Waals surface area contributed by atoms with E-state index in [1.54, 1.807) is 0 Å². The van der Waals surface area contributed by atoms with E-state index < -0.39 is 0 Å². The van der Waals surface area contributed by atoms with Gasteiger partial charge in [-0.3, -0.25) is 5.41 Å². The third kappa shape index (κ3) is 5.14. The zero-order chi connectivity index (χ0) is 11.1. The Morgan fingerprint density at radius 3 is 2.53 bits per heavy atom. The Hall–Kier alpha value is -0.610. The molecule has 1 saturated heterocycles. The number of aliphatic hydroxyl groups is 1. The molecule has 88 valence electrons. The lowest BCUT2D eigenvalue weighted by Crippen LogP contribution is -2.35. The number of hydrogen-bond donors (Lipinski definition) is 3. The fourth-order valence-electron chi connectivity index (χ4n) is 2.04. The Morgan fingerprint density at radius 1 is 1.33 bits per heavy atom. The molecule has 0 aromatic carbocycles. The molecule has 1 aliphatic rings. The third-order valence-corrected chi connectivity index (χ3v) is 3.14. The minimum atomic E-state index is 0.300. The molecule has 0 bridgehead atoms. The maximum Gasteiger partial charge on any atom is 0.0905 e. The van der Waals surface area contributed by atoms with Crippen LogP contribution in [0.4, 0.5) is 0 Å². The number of unbranched alkanes of at least 4 members (excludes halogenated alkanes) is 1. The fourth-order valence-corrected chi connectivity index (χ4v) is 2.04. The van der Waals surface area contributed by atoms with Crippen molar-refractivity contribution in [2.75, 3.05) is 26.2 Å². The molecule has 0 amide bonds. The van der Waals surface area contributed by atoms with E-state index in [0.717, 1.165) is 51.7 Å². The summed E-state index contributed by atoms with van der Waals surface area (Å²) in [4.78, 5) is 2.45. The monoisotopic (exact) mass is 213 g/mol. The molecule has 4 heteroatoms. The summed E-state index contributed by atoms with van der Waals surface area (Å²) in [6.45, 7) is 3.69. The molecule has 4 N–H and O–H groups in total. The first-order valence-corrected chi connectivity index (χ1v) is 5.88. The highest BCUT2D eigenvalue weighted by molar-refractivity contribution is 5.76. The molecule has 0 unspecified atom stereocenters. The predicted octanol–water partition coefficient (Wildman–Crippen LogP) is 0.797. The van der Waals surface area contributed by atoms with Crippen LogP contribution in [-0.4, -0.2) is 42.1 Å². The number of hydrogen-bond acceptors (Lipinski definition) is 3. The van der Waals surface area contributed by atoms with Gasteiger partial charge in [-0.1, -0.05) is 0 Å². The Morgan fingerprint density at radius 2 is 2.00 bits per heavy atom. The maximum atomic E-state index is 9.00. The highest BCUT2D eigenvalue weighted by atomic mass is 16.3. The van der Waals surface area contributed by atoms with Crippen molar-refractivity contribution >= 4 is 5.84 Å². The molecule has 0 spiro atoms. The van der Waals surface area contributed by atoms with Crippen LogP contribution >= 0.6 is 0 Å². The predicted molar refractivity (Wildman–Crippen MR) is 62.0 cm³/mol. The molecule has 4 nitrogen and oxygen atoms in total. The number of aliphatic hydroxyl groups excluding tert-OH is 1. The SMILES string of the molecule is N=C(N)CCCCN1CCC(CO)CC1. The summed E-state index contributed by atoms with van der Waals surface area (Å²) in [7, 11) is 0. The largest absolute Gasteiger partial charge is 0.396 e. The van der Waals surface area contributed by atoms with Gasteiger partial charge in [0.2, 0.25) is 0 Å². The first kappa shape index (κ1) is 12.5. The number of rotatable bonds is 6. The maximum absolute atomic E-state index is 9.00. The van der Waals surface area contributed by atoms with Crippen LogP contribution in [-0.2, 0) is 0 Å². The molecule has 0 atom stereocenters. The van der Waals surface area contributed by atoms with Gasteiger partial charge in [-0.15, -0.1) is 0 Å². The Balaban J connectivity index is 2.01. The van der Waals surface area contributed by atoms with Crippen LogP contribution in [0.2, 0.25) is 0 Å². The average Bonchev–Trinajstić information content (AvgIpc) is 2.25. The summed E-state index contributed by atoms with van der Waals surface area (Å²) in [5, 5.41) is 16.1. The van der Waals surface area contributed by atoms with Crippen molar-refractivity contribution in [3.05, 3.63) is 0 Å². The summed E-state index contributed by atoms with van der Waals surface area (Å²) in [5.74, 6) is 0.826. The van der Waals surface area contributed by atoms with E-state index >= 15 is 0 Å². The molecule has 0 saturated carbocycles. The zero-order valence-electron chi connectivity index (χ0n) is 9.41. The van der Waals surface area contributed by atoms with E-state index in [-0.39, 0.29) is 0 Å². The van der Waals surface area contributed by atoms with Gasteiger partial charge in [0.25, 0.3) is 0 Å². The molecule has 1 rings (SSSR count). The quantitative estimate of drug-likeness (QED) is 0.347. The fraction of sp³-hybridized carbons (Fsp3) is 0.909. The number of likely N-dealkylation sites (tertiary alicyclic amines) is 1. The van der Waals surface area contributed by atoms with Crippen LogP contribution in [0.3, 0.4) is 0 Å². The van der Waals surface area contributed by atoms with Gasteiger partial charge in [-0.25, -0.2) is 0 Å². The molecule has 15 heavy (non-hydrogen) atoms. The van der Waals surface area contributed by atoms with Crippen molar-refractivity contribution in [2.24, 2.45) is 11.7 Å². The van der Waals surface area contributed by atoms with Gasteiger partial charge in [-0.05, 0) is 51.2 Å². The van der Waals surface area contributed by atoms with Crippen LogP contribution in [0.15, 0.2) is 0 Å². The number of nitrogens with two attached hydrogens (primary N) is 1. The standard InChI is InChI=1S/C11H23N3O/c12-11(13)3-1-2-6-14-7-4-10(9-15)5-8-14/h10,15H,1-9H2,(H3,12,13). The van der Waals surface area contributed by atoms with Crippen molar-refractivity contribution in [2.45, 2.75) is 32.1 Å². The van der Waals surface area contributed by atoms with E-state index in [4.69, 9.17) is 16.2 Å². The first-order valence-electron chi connectivity index (χ1n) is 5.88. The highest BCUT2D eigenvalue weighted by Crippen LogP contribution is 2.16. The summed E-state index contributed by atoms with van der Waals surface area (Å²) >= 11 is 0. The lowest BCUT2D eigenvalue weighted by molar-refractivity contribution is 0.130. The molecule has 0 radical (unpaired) electrons. The van der Waals surface area contributed by atoms with Gasteiger partial charge in [0.05, 0.1) is 5.84 Å².